The quantitative estimate of drug-likeness (QED) is 0.585. The minimum Gasteiger partial charge on any atom is -0.496 e. The summed E-state index contributed by atoms with van der Waals surface area (Å²) in [6, 6.07) is 16.5. The second-order valence-corrected chi connectivity index (χ2v) is 5.08. The Bertz CT molecular complexity index is 969. The number of rotatable bonds is 2. The molecule has 4 aromatic rings. The lowest BCUT2D eigenvalue weighted by atomic mass is 10.0. The molecule has 0 atom stereocenters. The van der Waals surface area contributed by atoms with E-state index in [0.29, 0.717) is 0 Å². The molecule has 0 radical (unpaired) electrons. The summed E-state index contributed by atoms with van der Waals surface area (Å²) >= 11 is 0. The van der Waals surface area contributed by atoms with Gasteiger partial charge in [0.2, 0.25) is 0 Å². The number of nitrogens with one attached hydrogen (secondary N) is 1. The van der Waals surface area contributed by atoms with Crippen molar-refractivity contribution in [1.82, 2.24) is 4.98 Å². The number of para-hydroxylation sites is 1. The summed E-state index contributed by atoms with van der Waals surface area (Å²) in [5.74, 6) is 1.71. The van der Waals surface area contributed by atoms with Gasteiger partial charge in [-0.3, -0.25) is 0 Å². The van der Waals surface area contributed by atoms with Crippen LogP contribution in [-0.2, 0) is 0 Å². The number of methoxy groups -OCH3 is 2. The summed E-state index contributed by atoms with van der Waals surface area (Å²) in [5.41, 5.74) is 2.25. The van der Waals surface area contributed by atoms with Gasteiger partial charge in [-0.15, -0.1) is 0 Å². The molecule has 1 heterocycles. The van der Waals surface area contributed by atoms with Gasteiger partial charge >= 0.3 is 0 Å². The molecule has 0 spiro atoms. The Labute approximate surface area is 122 Å². The zero-order chi connectivity index (χ0) is 14.4. The van der Waals surface area contributed by atoms with Crippen LogP contribution in [0.2, 0.25) is 0 Å². The normalized spacial score (nSPS) is 11.3. The predicted molar refractivity (Wildman–Crippen MR) is 86.4 cm³/mol. The summed E-state index contributed by atoms with van der Waals surface area (Å²) < 4.78 is 11.0. The predicted octanol–water partition coefficient (Wildman–Crippen LogP) is 4.49. The van der Waals surface area contributed by atoms with Gasteiger partial charge in [-0.2, -0.15) is 0 Å². The Morgan fingerprint density at radius 3 is 2.05 bits per heavy atom. The van der Waals surface area contributed by atoms with Crippen LogP contribution in [0.15, 0.2) is 48.5 Å². The molecule has 104 valence electrons. The fourth-order valence-electron chi connectivity index (χ4n) is 2.99. The molecule has 0 aliphatic heterocycles. The lowest BCUT2D eigenvalue weighted by Crippen LogP contribution is -1.89. The molecule has 3 nitrogen and oxygen atoms in total. The van der Waals surface area contributed by atoms with E-state index < -0.39 is 0 Å². The van der Waals surface area contributed by atoms with Gasteiger partial charge in [0, 0.05) is 32.6 Å². The van der Waals surface area contributed by atoms with Gasteiger partial charge < -0.3 is 14.5 Å². The largest absolute Gasteiger partial charge is 0.496 e. The van der Waals surface area contributed by atoms with Crippen LogP contribution in [0.3, 0.4) is 0 Å². The maximum atomic E-state index is 5.50. The van der Waals surface area contributed by atoms with E-state index in [9.17, 15) is 0 Å². The van der Waals surface area contributed by atoms with Crippen molar-refractivity contribution < 1.29 is 9.47 Å². The van der Waals surface area contributed by atoms with E-state index in [2.05, 4.69) is 35.3 Å². The van der Waals surface area contributed by atoms with Gasteiger partial charge in [0.05, 0.1) is 14.2 Å². The smallest absolute Gasteiger partial charge is 0.127 e. The van der Waals surface area contributed by atoms with Crippen molar-refractivity contribution in [1.29, 1.82) is 0 Å². The average molecular weight is 277 g/mol. The van der Waals surface area contributed by atoms with Gasteiger partial charge in [0.1, 0.15) is 11.5 Å². The number of benzene rings is 3. The molecule has 0 saturated carbocycles. The zero-order valence-electron chi connectivity index (χ0n) is 11.9. The number of aromatic nitrogens is 1. The summed E-state index contributed by atoms with van der Waals surface area (Å²) in [4.78, 5) is 3.46. The topological polar surface area (TPSA) is 34.2 Å². The van der Waals surface area contributed by atoms with E-state index in [0.717, 1.165) is 33.3 Å². The molecule has 0 saturated heterocycles. The standard InChI is InChI=1S/C18H15NO2/c1-20-17-7-8-18(21-2)14-10-16-12(9-13(14)17)11-5-3-4-6-15(11)19-16/h3-10,19H,1-2H3. The third-order valence-corrected chi connectivity index (χ3v) is 4.00. The summed E-state index contributed by atoms with van der Waals surface area (Å²) in [7, 11) is 3.39. The fraction of sp³-hybridized carbons (Fsp3) is 0.111. The molecule has 0 aliphatic rings. The van der Waals surface area contributed by atoms with Gasteiger partial charge in [-0.25, -0.2) is 0 Å². The number of hydrogen-bond acceptors (Lipinski definition) is 2. The lowest BCUT2D eigenvalue weighted by Gasteiger charge is -2.10. The van der Waals surface area contributed by atoms with Crippen LogP contribution in [0.25, 0.3) is 32.6 Å². The molecule has 1 aromatic heterocycles. The van der Waals surface area contributed by atoms with E-state index in [-0.39, 0.29) is 0 Å². The van der Waals surface area contributed by atoms with Gasteiger partial charge in [-0.05, 0) is 30.3 Å². The highest BCUT2D eigenvalue weighted by atomic mass is 16.5. The monoisotopic (exact) mass is 277 g/mol. The molecule has 0 unspecified atom stereocenters. The summed E-state index contributed by atoms with van der Waals surface area (Å²) in [6.45, 7) is 0. The zero-order valence-corrected chi connectivity index (χ0v) is 11.9. The number of ether oxygens (including phenoxy) is 2. The number of H-pyrrole nitrogens is 1. The molecule has 0 aliphatic carbocycles. The van der Waals surface area contributed by atoms with Crippen LogP contribution >= 0.6 is 0 Å². The Hall–Kier alpha value is -2.68. The first-order chi connectivity index (χ1) is 10.3. The summed E-state index contributed by atoms with van der Waals surface area (Å²) in [5, 5.41) is 4.54. The molecule has 21 heavy (non-hydrogen) atoms. The second-order valence-electron chi connectivity index (χ2n) is 5.08. The number of fused-ring (bicyclic) bond motifs is 4. The molecule has 0 amide bonds. The molecule has 0 fully saturated rings. The maximum absolute atomic E-state index is 5.50. The minimum absolute atomic E-state index is 0.853. The first-order valence-electron chi connectivity index (χ1n) is 6.87. The molecular weight excluding hydrogens is 262 g/mol. The molecule has 1 N–H and O–H groups in total. The van der Waals surface area contributed by atoms with Crippen molar-refractivity contribution in [2.45, 2.75) is 0 Å². The lowest BCUT2D eigenvalue weighted by molar-refractivity contribution is 0.410. The van der Waals surface area contributed by atoms with E-state index in [1.54, 1.807) is 14.2 Å². The number of aromatic amines is 1. The molecule has 4 rings (SSSR count). The number of hydrogen-bond donors (Lipinski definition) is 1. The summed E-state index contributed by atoms with van der Waals surface area (Å²) in [6.07, 6.45) is 0. The molecule has 0 bridgehead atoms. The van der Waals surface area contributed by atoms with Crippen LogP contribution in [0.4, 0.5) is 0 Å². The molecule has 3 aromatic carbocycles. The first-order valence-corrected chi connectivity index (χ1v) is 6.87. The Morgan fingerprint density at radius 2 is 1.33 bits per heavy atom. The van der Waals surface area contributed by atoms with E-state index in [1.807, 2.05) is 18.2 Å². The minimum atomic E-state index is 0.853. The van der Waals surface area contributed by atoms with Crippen LogP contribution in [0.5, 0.6) is 11.5 Å². The van der Waals surface area contributed by atoms with Gasteiger partial charge in [0.25, 0.3) is 0 Å². The van der Waals surface area contributed by atoms with Crippen molar-refractivity contribution in [2.24, 2.45) is 0 Å². The van der Waals surface area contributed by atoms with Gasteiger partial charge in [0.15, 0.2) is 0 Å². The second kappa shape index (κ2) is 4.42. The van der Waals surface area contributed by atoms with Crippen LogP contribution in [-0.4, -0.2) is 19.2 Å². The highest BCUT2D eigenvalue weighted by Gasteiger charge is 2.11. The third kappa shape index (κ3) is 1.67. The van der Waals surface area contributed by atoms with Gasteiger partial charge in [-0.1, -0.05) is 18.2 Å². The van der Waals surface area contributed by atoms with E-state index >= 15 is 0 Å². The Balaban J connectivity index is 2.21. The average Bonchev–Trinajstić information content (AvgIpc) is 2.89. The van der Waals surface area contributed by atoms with Crippen LogP contribution in [0, 0.1) is 0 Å². The van der Waals surface area contributed by atoms with Crippen molar-refractivity contribution in [3.63, 3.8) is 0 Å². The maximum Gasteiger partial charge on any atom is 0.127 e. The van der Waals surface area contributed by atoms with Crippen molar-refractivity contribution in [3.8, 4) is 11.5 Å². The van der Waals surface area contributed by atoms with E-state index in [4.69, 9.17) is 9.47 Å². The SMILES string of the molecule is COc1ccc(OC)c2cc3c(cc12)[nH]c1ccccc13. The molecule has 3 heteroatoms. The highest BCUT2D eigenvalue weighted by Crippen LogP contribution is 2.37. The van der Waals surface area contributed by atoms with E-state index in [1.165, 1.54) is 10.8 Å². The highest BCUT2D eigenvalue weighted by molar-refractivity contribution is 6.13. The Kier molecular flexibility index (Phi) is 2.54. The van der Waals surface area contributed by atoms with Crippen molar-refractivity contribution in [3.05, 3.63) is 48.5 Å². The van der Waals surface area contributed by atoms with Crippen molar-refractivity contribution >= 4 is 32.6 Å². The fourth-order valence-corrected chi connectivity index (χ4v) is 2.99. The van der Waals surface area contributed by atoms with Crippen LogP contribution in [0.1, 0.15) is 0 Å². The van der Waals surface area contributed by atoms with Crippen LogP contribution < -0.4 is 9.47 Å². The third-order valence-electron chi connectivity index (χ3n) is 4.00. The Morgan fingerprint density at radius 1 is 0.667 bits per heavy atom. The van der Waals surface area contributed by atoms with Crippen molar-refractivity contribution in [2.75, 3.05) is 14.2 Å². The molecular formula is C18H15NO2. The first kappa shape index (κ1) is 12.1.